The van der Waals surface area contributed by atoms with Gasteiger partial charge in [-0.3, -0.25) is 4.90 Å². The topological polar surface area (TPSA) is 42.4 Å². The molecule has 0 saturated heterocycles. The monoisotopic (exact) mass is 266 g/mol. The van der Waals surface area contributed by atoms with Crippen molar-refractivity contribution in [1.29, 1.82) is 0 Å². The summed E-state index contributed by atoms with van der Waals surface area (Å²) in [6.45, 7) is 9.42. The molecule has 1 unspecified atom stereocenters. The van der Waals surface area contributed by atoms with Crippen molar-refractivity contribution in [3.63, 3.8) is 0 Å². The Hall–Kier alpha value is -0.800. The Morgan fingerprint density at radius 2 is 2.00 bits per heavy atom. The molecular formula is C16H30N2O. The lowest BCUT2D eigenvalue weighted by atomic mass is 9.88. The fourth-order valence-corrected chi connectivity index (χ4v) is 2.56. The van der Waals surface area contributed by atoms with E-state index in [2.05, 4.69) is 31.9 Å². The van der Waals surface area contributed by atoms with E-state index in [-0.39, 0.29) is 0 Å². The Bertz CT molecular complexity index is 346. The van der Waals surface area contributed by atoms with Crippen LogP contribution in [0.3, 0.4) is 0 Å². The standard InChI is InChI=1S/C16H30N2O/c1-13(2)15(9-10-17)6-5-11-18(4)12-16-8-7-14(3)19-16/h7-8,13,15H,5-6,9-12,17H2,1-4H3. The van der Waals surface area contributed by atoms with Crippen molar-refractivity contribution < 1.29 is 4.42 Å². The van der Waals surface area contributed by atoms with Crippen LogP contribution in [0, 0.1) is 18.8 Å². The van der Waals surface area contributed by atoms with Crippen molar-refractivity contribution >= 4 is 0 Å². The molecule has 1 aromatic rings. The number of nitrogens with two attached hydrogens (primary N) is 1. The van der Waals surface area contributed by atoms with Crippen LogP contribution in [-0.2, 0) is 6.54 Å². The van der Waals surface area contributed by atoms with E-state index in [0.29, 0.717) is 0 Å². The van der Waals surface area contributed by atoms with E-state index in [1.54, 1.807) is 0 Å². The van der Waals surface area contributed by atoms with Gasteiger partial charge in [-0.25, -0.2) is 0 Å². The minimum absolute atomic E-state index is 0.738. The fraction of sp³-hybridized carbons (Fsp3) is 0.750. The highest BCUT2D eigenvalue weighted by molar-refractivity contribution is 5.05. The molecule has 0 spiro atoms. The largest absolute Gasteiger partial charge is 0.465 e. The molecule has 3 nitrogen and oxygen atoms in total. The van der Waals surface area contributed by atoms with E-state index >= 15 is 0 Å². The van der Waals surface area contributed by atoms with E-state index in [1.165, 1.54) is 12.8 Å². The lowest BCUT2D eigenvalue weighted by molar-refractivity contribution is 0.261. The number of rotatable bonds is 9. The van der Waals surface area contributed by atoms with Crippen LogP contribution in [0.2, 0.25) is 0 Å². The van der Waals surface area contributed by atoms with Gasteiger partial charge in [0.05, 0.1) is 6.54 Å². The molecule has 0 saturated carbocycles. The van der Waals surface area contributed by atoms with Gasteiger partial charge in [-0.15, -0.1) is 0 Å². The Morgan fingerprint density at radius 3 is 2.53 bits per heavy atom. The summed E-state index contributed by atoms with van der Waals surface area (Å²) < 4.78 is 5.60. The van der Waals surface area contributed by atoms with E-state index < -0.39 is 0 Å². The molecule has 2 N–H and O–H groups in total. The molecule has 19 heavy (non-hydrogen) atoms. The van der Waals surface area contributed by atoms with Gasteiger partial charge in [-0.2, -0.15) is 0 Å². The summed E-state index contributed by atoms with van der Waals surface area (Å²) >= 11 is 0. The Labute approximate surface area is 118 Å². The Kier molecular flexibility index (Phi) is 7.17. The molecule has 0 bridgehead atoms. The number of hydrogen-bond donors (Lipinski definition) is 1. The third-order valence-electron chi connectivity index (χ3n) is 3.82. The average molecular weight is 266 g/mol. The van der Waals surface area contributed by atoms with Crippen LogP contribution < -0.4 is 5.73 Å². The second-order valence-corrected chi connectivity index (χ2v) is 5.97. The van der Waals surface area contributed by atoms with Gasteiger partial charge < -0.3 is 10.2 Å². The van der Waals surface area contributed by atoms with Crippen LogP contribution in [-0.4, -0.2) is 25.0 Å². The predicted octanol–water partition coefficient (Wildman–Crippen LogP) is 3.42. The average Bonchev–Trinajstić information content (AvgIpc) is 2.73. The molecular weight excluding hydrogens is 236 g/mol. The minimum Gasteiger partial charge on any atom is -0.465 e. The Morgan fingerprint density at radius 1 is 1.26 bits per heavy atom. The summed E-state index contributed by atoms with van der Waals surface area (Å²) in [7, 11) is 2.16. The van der Waals surface area contributed by atoms with Crippen molar-refractivity contribution in [1.82, 2.24) is 4.90 Å². The second-order valence-electron chi connectivity index (χ2n) is 5.97. The van der Waals surface area contributed by atoms with Crippen LogP contribution in [0.4, 0.5) is 0 Å². The summed E-state index contributed by atoms with van der Waals surface area (Å²) in [4.78, 5) is 2.33. The van der Waals surface area contributed by atoms with Crippen molar-refractivity contribution in [3.05, 3.63) is 23.7 Å². The van der Waals surface area contributed by atoms with Gasteiger partial charge in [0.15, 0.2) is 0 Å². The van der Waals surface area contributed by atoms with Gasteiger partial charge in [-0.1, -0.05) is 13.8 Å². The highest BCUT2D eigenvalue weighted by Gasteiger charge is 2.12. The maximum absolute atomic E-state index is 5.68. The summed E-state index contributed by atoms with van der Waals surface area (Å²) in [5.41, 5.74) is 5.68. The normalized spacial score (nSPS) is 13.4. The van der Waals surface area contributed by atoms with Gasteiger partial charge in [0.1, 0.15) is 11.5 Å². The van der Waals surface area contributed by atoms with Crippen LogP contribution in [0.5, 0.6) is 0 Å². The number of aryl methyl sites for hydroxylation is 1. The molecule has 0 amide bonds. The lowest BCUT2D eigenvalue weighted by Gasteiger charge is -2.22. The molecule has 110 valence electrons. The molecule has 3 heteroatoms. The lowest BCUT2D eigenvalue weighted by Crippen LogP contribution is -2.21. The molecule has 1 aromatic heterocycles. The summed E-state index contributed by atoms with van der Waals surface area (Å²) in [5.74, 6) is 3.56. The number of furan rings is 1. The van der Waals surface area contributed by atoms with Crippen LogP contribution in [0.1, 0.15) is 44.6 Å². The van der Waals surface area contributed by atoms with Crippen LogP contribution in [0.25, 0.3) is 0 Å². The third kappa shape index (κ3) is 6.26. The summed E-state index contributed by atoms with van der Waals surface area (Å²) in [6, 6.07) is 4.09. The van der Waals surface area contributed by atoms with Crippen LogP contribution >= 0.6 is 0 Å². The number of hydrogen-bond acceptors (Lipinski definition) is 3. The molecule has 1 atom stereocenters. The zero-order chi connectivity index (χ0) is 14.3. The maximum atomic E-state index is 5.68. The number of nitrogens with zero attached hydrogens (tertiary/aromatic N) is 1. The van der Waals surface area contributed by atoms with Crippen molar-refractivity contribution in [3.8, 4) is 0 Å². The molecule has 0 aliphatic rings. The van der Waals surface area contributed by atoms with Gasteiger partial charge in [0.25, 0.3) is 0 Å². The first kappa shape index (κ1) is 16.3. The molecule has 0 aliphatic heterocycles. The van der Waals surface area contributed by atoms with E-state index in [0.717, 1.165) is 49.4 Å². The van der Waals surface area contributed by atoms with Crippen molar-refractivity contribution in [2.75, 3.05) is 20.1 Å². The minimum atomic E-state index is 0.738. The zero-order valence-corrected chi connectivity index (χ0v) is 13.0. The quantitative estimate of drug-likeness (QED) is 0.744. The molecule has 0 aliphatic carbocycles. The first-order valence-electron chi connectivity index (χ1n) is 7.46. The van der Waals surface area contributed by atoms with Gasteiger partial charge in [0, 0.05) is 0 Å². The first-order valence-corrected chi connectivity index (χ1v) is 7.46. The highest BCUT2D eigenvalue weighted by atomic mass is 16.3. The molecule has 0 aromatic carbocycles. The van der Waals surface area contributed by atoms with Gasteiger partial charge in [-0.05, 0) is 70.3 Å². The van der Waals surface area contributed by atoms with E-state index in [9.17, 15) is 0 Å². The maximum Gasteiger partial charge on any atom is 0.118 e. The Balaban J connectivity index is 2.24. The van der Waals surface area contributed by atoms with Gasteiger partial charge in [0.2, 0.25) is 0 Å². The SMILES string of the molecule is Cc1ccc(CN(C)CCCC(CCN)C(C)C)o1. The van der Waals surface area contributed by atoms with Crippen molar-refractivity contribution in [2.45, 2.75) is 46.6 Å². The summed E-state index contributed by atoms with van der Waals surface area (Å²) in [6.07, 6.45) is 3.66. The molecule has 1 rings (SSSR count). The summed E-state index contributed by atoms with van der Waals surface area (Å²) in [5, 5.41) is 0. The zero-order valence-electron chi connectivity index (χ0n) is 13.0. The van der Waals surface area contributed by atoms with Crippen LogP contribution in [0.15, 0.2) is 16.5 Å². The second kappa shape index (κ2) is 8.39. The first-order chi connectivity index (χ1) is 9.02. The predicted molar refractivity (Wildman–Crippen MR) is 81.0 cm³/mol. The van der Waals surface area contributed by atoms with Gasteiger partial charge >= 0.3 is 0 Å². The third-order valence-corrected chi connectivity index (χ3v) is 3.82. The fourth-order valence-electron chi connectivity index (χ4n) is 2.56. The van der Waals surface area contributed by atoms with Crippen molar-refractivity contribution in [2.24, 2.45) is 17.6 Å². The molecule has 0 fully saturated rings. The van der Waals surface area contributed by atoms with E-state index in [4.69, 9.17) is 10.2 Å². The molecule has 1 heterocycles. The smallest absolute Gasteiger partial charge is 0.118 e. The van der Waals surface area contributed by atoms with E-state index in [1.807, 2.05) is 13.0 Å². The molecule has 0 radical (unpaired) electrons. The highest BCUT2D eigenvalue weighted by Crippen LogP contribution is 2.20.